The van der Waals surface area contributed by atoms with Crippen LogP contribution in [-0.4, -0.2) is 6.26 Å². The van der Waals surface area contributed by atoms with Gasteiger partial charge in [0.05, 0.1) is 0 Å². The van der Waals surface area contributed by atoms with Crippen molar-refractivity contribution < 1.29 is 35.7 Å². The summed E-state index contributed by atoms with van der Waals surface area (Å²) < 4.78 is -1.45. The van der Waals surface area contributed by atoms with Gasteiger partial charge in [0.15, 0.2) is 0 Å². The first-order chi connectivity index (χ1) is 9.72. The fraction of sp³-hybridized carbons (Fsp3) is 0.200. The number of hydrogen-bond acceptors (Lipinski definition) is 4. The Morgan fingerprint density at radius 2 is 1.25 bits per heavy atom. The Bertz CT molecular complexity index is 554. The summed E-state index contributed by atoms with van der Waals surface area (Å²) in [4.78, 5) is 0. The fourth-order valence-electron chi connectivity index (χ4n) is 1.60. The molecule has 0 fully saturated rings. The van der Waals surface area contributed by atoms with Gasteiger partial charge < -0.3 is 0 Å². The number of benzene rings is 2. The SMILES string of the molecule is CSP(=S)(SCc1ccccc1)SCc1ccccc1.[HH].[HH].[HH].[HH].[HH].[HH].[HH].[HH].[HH].[HH].[HH].[HH].[HH].[HH].[HH].[HH].[HH].[HH].[HH].[HH].[HH].[HH].[HH].[HH].[HH]. The molecular formula is C15H67PS4. The lowest BCUT2D eigenvalue weighted by atomic mass is 10.2. The zero-order valence-corrected chi connectivity index (χ0v) is 15.4. The first-order valence-corrected chi connectivity index (χ1v) is 14.1. The minimum atomic E-state index is -1.45. The molecule has 2 aromatic rings. The fourth-order valence-corrected chi connectivity index (χ4v) is 11.0. The molecule has 2 rings (SSSR count). The summed E-state index contributed by atoms with van der Waals surface area (Å²) in [5.74, 6) is 2.03. The number of hydrogen-bond donors (Lipinski definition) is 0. The second-order valence-corrected chi connectivity index (χ2v) is 19.9. The van der Waals surface area contributed by atoms with Crippen molar-refractivity contribution in [1.82, 2.24) is 0 Å². The Morgan fingerprint density at radius 3 is 1.60 bits per heavy atom. The monoisotopic (exact) mass is 406 g/mol. The standard InChI is InChI=1S/C15H17PS4.25H2/c1-18-16(17,19-12-14-8-4-2-5-9-14)20-13-15-10-6-3-7-11-15;;;;;;;;;;;;;;;;;;;;;;;;;/h2-11H,12-13H2,1H3;25*1H. The lowest BCUT2D eigenvalue weighted by Crippen LogP contribution is -1.79. The molecule has 0 aliphatic rings. The van der Waals surface area contributed by atoms with Crippen molar-refractivity contribution in [1.29, 1.82) is 0 Å². The van der Waals surface area contributed by atoms with Crippen LogP contribution in [0.15, 0.2) is 60.7 Å². The van der Waals surface area contributed by atoms with Gasteiger partial charge in [-0.1, -0.05) is 95.2 Å². The number of rotatable bonds is 7. The lowest BCUT2D eigenvalue weighted by Gasteiger charge is -2.18. The maximum absolute atomic E-state index is 5.90. The van der Waals surface area contributed by atoms with Crippen molar-refractivity contribution >= 4 is 49.6 Å². The quantitative estimate of drug-likeness (QED) is 0.419. The van der Waals surface area contributed by atoms with Crippen molar-refractivity contribution in [3.8, 4) is 0 Å². The lowest BCUT2D eigenvalue weighted by molar-refractivity contribution is 1.43. The second-order valence-electron chi connectivity index (χ2n) is 4.15. The molecule has 0 heterocycles. The Kier molecular flexibility index (Phi) is 7.06. The summed E-state index contributed by atoms with van der Waals surface area (Å²) in [5.41, 5.74) is 2.72. The van der Waals surface area contributed by atoms with Crippen LogP contribution < -0.4 is 0 Å². The molecule has 0 nitrogen and oxygen atoms in total. The van der Waals surface area contributed by atoms with E-state index >= 15 is 0 Å². The molecule has 0 aliphatic carbocycles. The van der Waals surface area contributed by atoms with E-state index in [2.05, 4.69) is 66.9 Å². The summed E-state index contributed by atoms with van der Waals surface area (Å²) in [6, 6.07) is 21.2. The molecule has 2 aromatic carbocycles. The van der Waals surface area contributed by atoms with E-state index in [4.69, 9.17) is 11.8 Å². The molecule has 0 saturated carbocycles. The van der Waals surface area contributed by atoms with Gasteiger partial charge in [-0.05, 0) is 17.4 Å². The third-order valence-corrected chi connectivity index (χ3v) is 18.4. The highest BCUT2D eigenvalue weighted by Gasteiger charge is 2.17. The summed E-state index contributed by atoms with van der Waals surface area (Å²) in [6.07, 6.45) is 2.15. The van der Waals surface area contributed by atoms with Crippen LogP contribution in [0.3, 0.4) is 0 Å². The van der Waals surface area contributed by atoms with E-state index in [1.54, 1.807) is 0 Å². The van der Waals surface area contributed by atoms with E-state index in [0.717, 1.165) is 11.5 Å². The van der Waals surface area contributed by atoms with E-state index in [1.165, 1.54) is 11.1 Å². The molecule has 0 unspecified atom stereocenters. The topological polar surface area (TPSA) is 0 Å². The van der Waals surface area contributed by atoms with Gasteiger partial charge in [-0.2, -0.15) is 0 Å². The van der Waals surface area contributed by atoms with Crippen molar-refractivity contribution in [2.45, 2.75) is 11.5 Å². The Morgan fingerprint density at radius 1 is 0.850 bits per heavy atom. The molecule has 0 saturated heterocycles. The average Bonchev–Trinajstić information content (AvgIpc) is 2.53. The van der Waals surface area contributed by atoms with Crippen molar-refractivity contribution in [2.75, 3.05) is 6.26 Å². The van der Waals surface area contributed by atoms with Crippen LogP contribution in [0.4, 0.5) is 0 Å². The van der Waals surface area contributed by atoms with Crippen LogP contribution in [0.25, 0.3) is 0 Å². The van der Waals surface area contributed by atoms with E-state index in [9.17, 15) is 0 Å². The van der Waals surface area contributed by atoms with Gasteiger partial charge in [0.2, 0.25) is 0 Å². The summed E-state index contributed by atoms with van der Waals surface area (Å²) in [7, 11) is 0. The van der Waals surface area contributed by atoms with Crippen LogP contribution in [0.2, 0.25) is 0 Å². The maximum Gasteiger partial charge on any atom is 0.109 e. The highest BCUT2D eigenvalue weighted by molar-refractivity contribution is 9.22. The Labute approximate surface area is 175 Å². The first-order valence-electron chi connectivity index (χ1n) is 6.24. The van der Waals surface area contributed by atoms with Crippen LogP contribution in [0.1, 0.15) is 46.8 Å². The van der Waals surface area contributed by atoms with Crippen LogP contribution in [-0.2, 0) is 23.3 Å². The maximum atomic E-state index is 5.90. The van der Waals surface area contributed by atoms with E-state index in [-0.39, 0.29) is 35.7 Å². The van der Waals surface area contributed by atoms with Crippen molar-refractivity contribution in [3.63, 3.8) is 0 Å². The van der Waals surface area contributed by atoms with E-state index in [1.807, 2.05) is 34.1 Å². The molecule has 0 radical (unpaired) electrons. The molecule has 0 bridgehead atoms. The summed E-state index contributed by atoms with van der Waals surface area (Å²) in [5, 5.41) is 0. The van der Waals surface area contributed by atoms with Crippen LogP contribution >= 0.6 is 37.8 Å². The Hall–Kier alpha value is 0.140. The zero-order valence-electron chi connectivity index (χ0n) is 11.3. The predicted octanol–water partition coefficient (Wildman–Crippen LogP) is 12.6. The van der Waals surface area contributed by atoms with Crippen LogP contribution in [0, 0.1) is 0 Å². The van der Waals surface area contributed by atoms with Crippen molar-refractivity contribution in [2.24, 2.45) is 0 Å². The third kappa shape index (κ3) is 5.50. The van der Waals surface area contributed by atoms with Crippen molar-refractivity contribution in [3.05, 3.63) is 71.8 Å². The smallest absolute Gasteiger partial charge is 0.108 e. The Balaban J connectivity index is -0.00000000802. The van der Waals surface area contributed by atoms with Gasteiger partial charge in [-0.3, -0.25) is 0 Å². The summed E-state index contributed by atoms with van der Waals surface area (Å²) in [6.45, 7) is 0. The average molecular weight is 407 g/mol. The molecule has 0 atom stereocenters. The molecule has 0 amide bonds. The molecule has 0 spiro atoms. The van der Waals surface area contributed by atoms with Gasteiger partial charge in [0.1, 0.15) is 3.64 Å². The molecular weight excluding hydrogens is 339 g/mol. The third-order valence-electron chi connectivity index (χ3n) is 2.69. The molecule has 0 N–H and O–H groups in total. The summed E-state index contributed by atoms with van der Waals surface area (Å²) >= 11 is 11.7. The van der Waals surface area contributed by atoms with E-state index in [0.29, 0.717) is 0 Å². The normalized spacial score (nSPS) is 11.4. The highest BCUT2D eigenvalue weighted by atomic mass is 33.5. The van der Waals surface area contributed by atoms with Gasteiger partial charge in [0.25, 0.3) is 0 Å². The molecule has 5 heteroatoms. The minimum Gasteiger partial charge on any atom is -0.108 e. The zero-order chi connectivity index (χ0) is 14.3. The molecule has 20 heavy (non-hydrogen) atoms. The van der Waals surface area contributed by atoms with Crippen LogP contribution in [0.5, 0.6) is 0 Å². The van der Waals surface area contributed by atoms with Gasteiger partial charge in [0, 0.05) is 47.2 Å². The second kappa shape index (κ2) is 8.55. The molecule has 0 aliphatic heterocycles. The van der Waals surface area contributed by atoms with Gasteiger partial charge in [-0.15, -0.1) is 11.4 Å². The van der Waals surface area contributed by atoms with Gasteiger partial charge in [-0.25, -0.2) is 0 Å². The molecule has 0 aromatic heterocycles. The minimum absolute atomic E-state index is 0. The first kappa shape index (κ1) is 16.5. The largest absolute Gasteiger partial charge is 0.109 e. The molecule has 156 valence electrons. The highest BCUT2D eigenvalue weighted by Crippen LogP contribution is 2.78. The predicted molar refractivity (Wildman–Crippen MR) is 156 cm³/mol. The van der Waals surface area contributed by atoms with E-state index < -0.39 is 3.64 Å². The van der Waals surface area contributed by atoms with Gasteiger partial charge >= 0.3 is 0 Å².